The maximum Gasteiger partial charge on any atom is 0.275 e. The smallest absolute Gasteiger partial charge is 0.275 e. The highest BCUT2D eigenvalue weighted by molar-refractivity contribution is 5.57. The largest absolute Gasteiger partial charge is 0.494 e. The number of hydrogen-bond acceptors (Lipinski definition) is 4. The summed E-state index contributed by atoms with van der Waals surface area (Å²) in [5, 5.41) is 14.4. The second-order valence-electron chi connectivity index (χ2n) is 5.42. The van der Waals surface area contributed by atoms with Crippen LogP contribution in [0.4, 0.5) is 11.4 Å². The Kier molecular flexibility index (Phi) is 4.82. The molecule has 1 N–H and O–H groups in total. The summed E-state index contributed by atoms with van der Waals surface area (Å²) >= 11 is 0. The number of rotatable bonds is 5. The predicted molar refractivity (Wildman–Crippen MR) is 79.3 cm³/mol. The number of ether oxygens (including phenoxy) is 1. The molecular formula is C15H22N2O3. The number of nitro groups is 1. The quantitative estimate of drug-likeness (QED) is 0.653. The Bertz CT molecular complexity index is 476. The first kappa shape index (κ1) is 14.6. The lowest BCUT2D eigenvalue weighted by atomic mass is 9.86. The van der Waals surface area contributed by atoms with Gasteiger partial charge in [-0.1, -0.05) is 19.8 Å². The van der Waals surface area contributed by atoms with Gasteiger partial charge in [-0.05, 0) is 25.7 Å². The molecule has 2 atom stereocenters. The van der Waals surface area contributed by atoms with Crippen LogP contribution in [0, 0.1) is 16.0 Å². The summed E-state index contributed by atoms with van der Waals surface area (Å²) in [6.45, 7) is 4.60. The molecule has 2 unspecified atom stereocenters. The number of nitrogens with zero attached hydrogens (tertiary/aromatic N) is 1. The Balaban J connectivity index is 2.18. The van der Waals surface area contributed by atoms with Crippen molar-refractivity contribution in [2.75, 3.05) is 11.9 Å². The third-order valence-corrected chi connectivity index (χ3v) is 3.88. The molecule has 1 aliphatic rings. The first-order chi connectivity index (χ1) is 9.60. The van der Waals surface area contributed by atoms with Crippen molar-refractivity contribution in [1.82, 2.24) is 0 Å². The molecular weight excluding hydrogens is 256 g/mol. The van der Waals surface area contributed by atoms with E-state index in [-0.39, 0.29) is 10.6 Å². The first-order valence-electron chi connectivity index (χ1n) is 7.29. The van der Waals surface area contributed by atoms with Gasteiger partial charge in [0, 0.05) is 23.9 Å². The molecule has 1 aliphatic carbocycles. The zero-order chi connectivity index (χ0) is 14.5. The molecule has 1 saturated carbocycles. The highest BCUT2D eigenvalue weighted by Gasteiger charge is 2.22. The van der Waals surface area contributed by atoms with Crippen LogP contribution in [0.1, 0.15) is 39.5 Å². The fourth-order valence-corrected chi connectivity index (χ4v) is 2.77. The van der Waals surface area contributed by atoms with Crippen molar-refractivity contribution in [3.05, 3.63) is 28.3 Å². The molecule has 5 heteroatoms. The third kappa shape index (κ3) is 3.62. The lowest BCUT2D eigenvalue weighted by molar-refractivity contribution is -0.384. The van der Waals surface area contributed by atoms with E-state index < -0.39 is 0 Å². The van der Waals surface area contributed by atoms with E-state index in [1.807, 2.05) is 13.0 Å². The molecule has 20 heavy (non-hydrogen) atoms. The van der Waals surface area contributed by atoms with Gasteiger partial charge in [0.2, 0.25) is 0 Å². The Hall–Kier alpha value is -1.78. The SMILES string of the molecule is CCOc1cc(NC2CCCCC2C)cc([N+](=O)[O-])c1. The lowest BCUT2D eigenvalue weighted by Crippen LogP contribution is -2.30. The highest BCUT2D eigenvalue weighted by Crippen LogP contribution is 2.30. The van der Waals surface area contributed by atoms with Crippen molar-refractivity contribution in [2.24, 2.45) is 5.92 Å². The molecule has 0 saturated heterocycles. The van der Waals surface area contributed by atoms with E-state index in [0.717, 1.165) is 12.1 Å². The van der Waals surface area contributed by atoms with Crippen molar-refractivity contribution in [3.8, 4) is 5.75 Å². The van der Waals surface area contributed by atoms with Crippen LogP contribution < -0.4 is 10.1 Å². The van der Waals surface area contributed by atoms with Crippen molar-refractivity contribution in [1.29, 1.82) is 0 Å². The van der Waals surface area contributed by atoms with Crippen LogP contribution in [0.2, 0.25) is 0 Å². The lowest BCUT2D eigenvalue weighted by Gasteiger charge is -2.30. The van der Waals surface area contributed by atoms with Crippen LogP contribution >= 0.6 is 0 Å². The molecule has 0 aromatic heterocycles. The van der Waals surface area contributed by atoms with Crippen LogP contribution in [0.25, 0.3) is 0 Å². The summed E-state index contributed by atoms with van der Waals surface area (Å²) in [6.07, 6.45) is 4.83. The van der Waals surface area contributed by atoms with E-state index in [1.165, 1.54) is 25.3 Å². The number of nitro benzene ring substituents is 1. The summed E-state index contributed by atoms with van der Waals surface area (Å²) < 4.78 is 5.41. The molecule has 1 aromatic rings. The first-order valence-corrected chi connectivity index (χ1v) is 7.29. The molecule has 0 radical (unpaired) electrons. The molecule has 0 spiro atoms. The number of non-ortho nitro benzene ring substituents is 1. The van der Waals surface area contributed by atoms with Crippen molar-refractivity contribution in [2.45, 2.75) is 45.6 Å². The van der Waals surface area contributed by atoms with E-state index in [1.54, 1.807) is 6.07 Å². The minimum atomic E-state index is -0.377. The molecule has 0 heterocycles. The summed E-state index contributed by atoms with van der Waals surface area (Å²) in [5.41, 5.74) is 0.850. The Labute approximate surface area is 119 Å². The average Bonchev–Trinajstić information content (AvgIpc) is 2.41. The minimum absolute atomic E-state index is 0.0712. The minimum Gasteiger partial charge on any atom is -0.494 e. The normalized spacial score (nSPS) is 22.3. The monoisotopic (exact) mass is 278 g/mol. The highest BCUT2D eigenvalue weighted by atomic mass is 16.6. The number of anilines is 1. The van der Waals surface area contributed by atoms with Gasteiger partial charge < -0.3 is 10.1 Å². The molecule has 0 amide bonds. The fraction of sp³-hybridized carbons (Fsp3) is 0.600. The van der Waals surface area contributed by atoms with Crippen molar-refractivity contribution < 1.29 is 9.66 Å². The third-order valence-electron chi connectivity index (χ3n) is 3.88. The van der Waals surface area contributed by atoms with Gasteiger partial charge in [0.05, 0.1) is 17.6 Å². The van der Waals surface area contributed by atoms with Crippen LogP contribution in [0.15, 0.2) is 18.2 Å². The topological polar surface area (TPSA) is 64.4 Å². The molecule has 2 rings (SSSR count). The number of benzene rings is 1. The van der Waals surface area contributed by atoms with Crippen molar-refractivity contribution in [3.63, 3.8) is 0 Å². The molecule has 5 nitrogen and oxygen atoms in total. The van der Waals surface area contributed by atoms with Gasteiger partial charge in [-0.25, -0.2) is 0 Å². The van der Waals surface area contributed by atoms with Gasteiger partial charge in [0.1, 0.15) is 5.75 Å². The van der Waals surface area contributed by atoms with E-state index in [4.69, 9.17) is 4.74 Å². The summed E-state index contributed by atoms with van der Waals surface area (Å²) in [5.74, 6) is 1.14. The zero-order valence-corrected chi connectivity index (χ0v) is 12.1. The van der Waals surface area contributed by atoms with Crippen LogP contribution in [0.3, 0.4) is 0 Å². The molecule has 0 aliphatic heterocycles. The predicted octanol–water partition coefficient (Wildman–Crippen LogP) is 3.98. The Morgan fingerprint density at radius 3 is 2.75 bits per heavy atom. The van der Waals surface area contributed by atoms with Gasteiger partial charge in [0.25, 0.3) is 5.69 Å². The van der Waals surface area contributed by atoms with Gasteiger partial charge in [-0.15, -0.1) is 0 Å². The van der Waals surface area contributed by atoms with Gasteiger partial charge in [-0.2, -0.15) is 0 Å². The number of hydrogen-bond donors (Lipinski definition) is 1. The summed E-state index contributed by atoms with van der Waals surface area (Å²) in [7, 11) is 0. The second-order valence-corrected chi connectivity index (χ2v) is 5.42. The molecule has 1 aromatic carbocycles. The Morgan fingerprint density at radius 2 is 2.10 bits per heavy atom. The van der Waals surface area contributed by atoms with Crippen LogP contribution in [0.5, 0.6) is 5.75 Å². The van der Waals surface area contributed by atoms with Gasteiger partial charge >= 0.3 is 0 Å². The maximum absolute atomic E-state index is 11.0. The van der Waals surface area contributed by atoms with E-state index in [0.29, 0.717) is 24.3 Å². The fourth-order valence-electron chi connectivity index (χ4n) is 2.77. The van der Waals surface area contributed by atoms with E-state index >= 15 is 0 Å². The van der Waals surface area contributed by atoms with E-state index in [2.05, 4.69) is 12.2 Å². The van der Waals surface area contributed by atoms with E-state index in [9.17, 15) is 10.1 Å². The van der Waals surface area contributed by atoms with Crippen LogP contribution in [-0.4, -0.2) is 17.6 Å². The summed E-state index contributed by atoms with van der Waals surface area (Å²) in [4.78, 5) is 10.6. The average molecular weight is 278 g/mol. The summed E-state index contributed by atoms with van der Waals surface area (Å²) in [6, 6.07) is 5.29. The van der Waals surface area contributed by atoms with Gasteiger partial charge in [0.15, 0.2) is 0 Å². The Morgan fingerprint density at radius 1 is 1.35 bits per heavy atom. The number of nitrogens with one attached hydrogen (secondary N) is 1. The van der Waals surface area contributed by atoms with Crippen LogP contribution in [-0.2, 0) is 0 Å². The second kappa shape index (κ2) is 6.59. The molecule has 110 valence electrons. The zero-order valence-electron chi connectivity index (χ0n) is 12.1. The molecule has 0 bridgehead atoms. The standard InChI is InChI=1S/C15H22N2O3/c1-3-20-14-9-12(8-13(10-14)17(18)19)16-15-7-5-4-6-11(15)2/h8-11,15-16H,3-7H2,1-2H3. The van der Waals surface area contributed by atoms with Crippen molar-refractivity contribution >= 4 is 11.4 Å². The maximum atomic E-state index is 11.0. The van der Waals surface area contributed by atoms with Gasteiger partial charge in [-0.3, -0.25) is 10.1 Å². The molecule has 1 fully saturated rings.